The number of rotatable bonds is 2. The first-order valence-corrected chi connectivity index (χ1v) is 3.64. The predicted molar refractivity (Wildman–Crippen MR) is 38.9 cm³/mol. The number of hydrogen-bond donors (Lipinski definition) is 1. The molecule has 1 saturated heterocycles. The molecule has 4 heteroatoms. The molecule has 64 valence electrons. The number of carbonyl (C=O) groups is 1. The second kappa shape index (κ2) is 3.69. The largest absolute Gasteiger partial charge is 0.379 e. The van der Waals surface area contributed by atoms with E-state index in [2.05, 4.69) is 0 Å². The van der Waals surface area contributed by atoms with E-state index in [0.29, 0.717) is 19.6 Å². The highest BCUT2D eigenvalue weighted by Crippen LogP contribution is 2.15. The molecule has 0 aromatic rings. The maximum Gasteiger partial charge on any atom is 0.222 e. The summed E-state index contributed by atoms with van der Waals surface area (Å²) in [6, 6.07) is 0. The number of nitrogens with two attached hydrogens (primary N) is 1. The van der Waals surface area contributed by atoms with Crippen LogP contribution >= 0.6 is 0 Å². The highest BCUT2D eigenvalue weighted by Gasteiger charge is 2.25. The van der Waals surface area contributed by atoms with Gasteiger partial charge in [0.15, 0.2) is 0 Å². The standard InChI is InChI=1S/C7H13NO3/c1-10-6-2-5(7(8)9)3-11-4-6/h5-6H,2-4H2,1H3,(H2,8,9). The van der Waals surface area contributed by atoms with Crippen molar-refractivity contribution in [3.05, 3.63) is 0 Å². The van der Waals surface area contributed by atoms with Gasteiger partial charge in [0.2, 0.25) is 5.91 Å². The molecule has 11 heavy (non-hydrogen) atoms. The molecule has 1 rings (SSSR count). The van der Waals surface area contributed by atoms with Crippen molar-refractivity contribution in [3.63, 3.8) is 0 Å². The van der Waals surface area contributed by atoms with Gasteiger partial charge in [0.05, 0.1) is 25.2 Å². The van der Waals surface area contributed by atoms with E-state index in [-0.39, 0.29) is 17.9 Å². The predicted octanol–water partition coefficient (Wildman–Crippen LogP) is -0.477. The first-order valence-electron chi connectivity index (χ1n) is 3.64. The molecule has 1 fully saturated rings. The molecule has 0 aromatic carbocycles. The third-order valence-electron chi connectivity index (χ3n) is 1.91. The van der Waals surface area contributed by atoms with Crippen LogP contribution in [0.15, 0.2) is 0 Å². The minimum absolute atomic E-state index is 0.0289. The van der Waals surface area contributed by atoms with Gasteiger partial charge in [-0.05, 0) is 6.42 Å². The van der Waals surface area contributed by atoms with E-state index in [4.69, 9.17) is 15.2 Å². The number of carbonyl (C=O) groups excluding carboxylic acids is 1. The lowest BCUT2D eigenvalue weighted by Gasteiger charge is -2.26. The Morgan fingerprint density at radius 1 is 1.64 bits per heavy atom. The highest BCUT2D eigenvalue weighted by atomic mass is 16.5. The third kappa shape index (κ3) is 2.17. The smallest absolute Gasteiger partial charge is 0.222 e. The zero-order valence-corrected chi connectivity index (χ0v) is 6.58. The summed E-state index contributed by atoms with van der Waals surface area (Å²) in [5.41, 5.74) is 5.11. The van der Waals surface area contributed by atoms with Crippen LogP contribution in [0.2, 0.25) is 0 Å². The van der Waals surface area contributed by atoms with Crippen molar-refractivity contribution in [2.45, 2.75) is 12.5 Å². The van der Waals surface area contributed by atoms with Crippen LogP contribution in [0.3, 0.4) is 0 Å². The summed E-state index contributed by atoms with van der Waals surface area (Å²) in [4.78, 5) is 10.7. The van der Waals surface area contributed by atoms with Gasteiger partial charge in [-0.3, -0.25) is 4.79 Å². The van der Waals surface area contributed by atoms with E-state index in [1.54, 1.807) is 7.11 Å². The molecule has 1 aliphatic rings. The van der Waals surface area contributed by atoms with Gasteiger partial charge in [-0.1, -0.05) is 0 Å². The molecule has 0 radical (unpaired) electrons. The number of ether oxygens (including phenoxy) is 2. The Kier molecular flexibility index (Phi) is 2.84. The van der Waals surface area contributed by atoms with E-state index in [0.717, 1.165) is 0 Å². The first kappa shape index (κ1) is 8.49. The molecule has 4 nitrogen and oxygen atoms in total. The fourth-order valence-electron chi connectivity index (χ4n) is 1.16. The van der Waals surface area contributed by atoms with Gasteiger partial charge in [0, 0.05) is 7.11 Å². The van der Waals surface area contributed by atoms with E-state index in [9.17, 15) is 4.79 Å². The van der Waals surface area contributed by atoms with Gasteiger partial charge in [-0.25, -0.2) is 0 Å². The Bertz CT molecular complexity index is 149. The van der Waals surface area contributed by atoms with Gasteiger partial charge in [0.25, 0.3) is 0 Å². The zero-order valence-electron chi connectivity index (χ0n) is 6.58. The minimum atomic E-state index is -0.299. The normalized spacial score (nSPS) is 31.7. The van der Waals surface area contributed by atoms with Crippen molar-refractivity contribution in [3.8, 4) is 0 Å². The molecular formula is C7H13NO3. The van der Waals surface area contributed by atoms with E-state index >= 15 is 0 Å². The number of methoxy groups -OCH3 is 1. The fraction of sp³-hybridized carbons (Fsp3) is 0.857. The van der Waals surface area contributed by atoms with Crippen molar-refractivity contribution < 1.29 is 14.3 Å². The second-order valence-corrected chi connectivity index (χ2v) is 2.73. The molecule has 0 bridgehead atoms. The SMILES string of the molecule is COC1COCC(C(N)=O)C1. The average Bonchev–Trinajstić information content (AvgIpc) is 2.05. The van der Waals surface area contributed by atoms with Crippen molar-refractivity contribution in [2.24, 2.45) is 11.7 Å². The lowest BCUT2D eigenvalue weighted by atomic mass is 10.00. The quantitative estimate of drug-likeness (QED) is 0.592. The van der Waals surface area contributed by atoms with Crippen LogP contribution in [0.25, 0.3) is 0 Å². The first-order chi connectivity index (χ1) is 5.24. The summed E-state index contributed by atoms with van der Waals surface area (Å²) >= 11 is 0. The summed E-state index contributed by atoms with van der Waals surface area (Å²) in [7, 11) is 1.61. The van der Waals surface area contributed by atoms with Crippen LogP contribution in [-0.2, 0) is 14.3 Å². The lowest BCUT2D eigenvalue weighted by molar-refractivity contribution is -0.130. The Hall–Kier alpha value is -0.610. The number of hydrogen-bond acceptors (Lipinski definition) is 3. The van der Waals surface area contributed by atoms with Crippen molar-refractivity contribution in [1.82, 2.24) is 0 Å². The molecule has 1 heterocycles. The molecule has 0 aromatic heterocycles. The van der Waals surface area contributed by atoms with Crippen LogP contribution in [0.5, 0.6) is 0 Å². The molecule has 0 aliphatic carbocycles. The summed E-state index contributed by atoms with van der Waals surface area (Å²) in [6.07, 6.45) is 0.715. The zero-order chi connectivity index (χ0) is 8.27. The average molecular weight is 159 g/mol. The summed E-state index contributed by atoms with van der Waals surface area (Å²) in [6.45, 7) is 1.01. The number of primary amides is 1. The van der Waals surface area contributed by atoms with E-state index < -0.39 is 0 Å². The Morgan fingerprint density at radius 3 is 2.91 bits per heavy atom. The van der Waals surface area contributed by atoms with Crippen LogP contribution in [-0.4, -0.2) is 32.3 Å². The van der Waals surface area contributed by atoms with Crippen LogP contribution in [0.1, 0.15) is 6.42 Å². The van der Waals surface area contributed by atoms with Gasteiger partial charge in [0.1, 0.15) is 0 Å². The molecule has 0 spiro atoms. The van der Waals surface area contributed by atoms with E-state index in [1.165, 1.54) is 0 Å². The molecule has 2 N–H and O–H groups in total. The molecule has 0 saturated carbocycles. The summed E-state index contributed by atoms with van der Waals surface area (Å²) in [5.74, 6) is -0.472. The van der Waals surface area contributed by atoms with Crippen LogP contribution in [0, 0.1) is 5.92 Å². The molecule has 2 atom stereocenters. The monoisotopic (exact) mass is 159 g/mol. The Morgan fingerprint density at radius 2 is 2.36 bits per heavy atom. The molecular weight excluding hydrogens is 146 g/mol. The van der Waals surface area contributed by atoms with Gasteiger partial charge >= 0.3 is 0 Å². The van der Waals surface area contributed by atoms with Crippen molar-refractivity contribution in [1.29, 1.82) is 0 Å². The summed E-state index contributed by atoms with van der Waals surface area (Å²) < 4.78 is 10.2. The highest BCUT2D eigenvalue weighted by molar-refractivity contribution is 5.76. The maximum absolute atomic E-state index is 10.7. The fourth-order valence-corrected chi connectivity index (χ4v) is 1.16. The summed E-state index contributed by atoms with van der Waals surface area (Å²) in [5, 5.41) is 0. The Labute approximate surface area is 65.7 Å². The number of amides is 1. The second-order valence-electron chi connectivity index (χ2n) is 2.73. The Balaban J connectivity index is 2.39. The molecule has 1 amide bonds. The van der Waals surface area contributed by atoms with Crippen LogP contribution < -0.4 is 5.73 Å². The van der Waals surface area contributed by atoms with E-state index in [1.807, 2.05) is 0 Å². The van der Waals surface area contributed by atoms with Crippen molar-refractivity contribution in [2.75, 3.05) is 20.3 Å². The molecule has 1 aliphatic heterocycles. The lowest BCUT2D eigenvalue weighted by Crippen LogP contribution is -2.38. The molecule has 2 unspecified atom stereocenters. The van der Waals surface area contributed by atoms with Crippen LogP contribution in [0.4, 0.5) is 0 Å². The van der Waals surface area contributed by atoms with Gasteiger partial charge < -0.3 is 15.2 Å². The third-order valence-corrected chi connectivity index (χ3v) is 1.91. The topological polar surface area (TPSA) is 61.6 Å². The maximum atomic E-state index is 10.7. The van der Waals surface area contributed by atoms with Crippen molar-refractivity contribution >= 4 is 5.91 Å². The van der Waals surface area contributed by atoms with Gasteiger partial charge in [-0.2, -0.15) is 0 Å². The van der Waals surface area contributed by atoms with Gasteiger partial charge in [-0.15, -0.1) is 0 Å². The minimum Gasteiger partial charge on any atom is -0.379 e.